The number of hydrogen-bond acceptors (Lipinski definition) is 5. The Balaban J connectivity index is 2.14. The maximum atomic E-state index is 13.1. The minimum atomic E-state index is -3.32. The second kappa shape index (κ2) is 7.95. The van der Waals surface area contributed by atoms with Crippen molar-refractivity contribution in [3.05, 3.63) is 58.6 Å². The van der Waals surface area contributed by atoms with E-state index in [1.807, 2.05) is 10.8 Å². The molecule has 0 saturated carbocycles. The van der Waals surface area contributed by atoms with Gasteiger partial charge in [-0.15, -0.1) is 0 Å². The van der Waals surface area contributed by atoms with Crippen molar-refractivity contribution in [1.82, 2.24) is 4.57 Å². The first-order valence-corrected chi connectivity index (χ1v) is 12.1. The molecule has 0 saturated heterocycles. The number of sulfone groups is 1. The summed E-state index contributed by atoms with van der Waals surface area (Å²) in [5.74, 6) is -0.0723. The van der Waals surface area contributed by atoms with Gasteiger partial charge in [0.1, 0.15) is 5.82 Å². The van der Waals surface area contributed by atoms with Crippen LogP contribution >= 0.6 is 23.1 Å². The van der Waals surface area contributed by atoms with Gasteiger partial charge in [-0.25, -0.2) is 12.8 Å². The highest BCUT2D eigenvalue weighted by Crippen LogP contribution is 2.22. The van der Waals surface area contributed by atoms with Crippen molar-refractivity contribution in [3.63, 3.8) is 0 Å². The topological polar surface area (TPSA) is 68.5 Å². The summed E-state index contributed by atoms with van der Waals surface area (Å²) in [5, 5.41) is 0. The van der Waals surface area contributed by atoms with Gasteiger partial charge in [0.25, 0.3) is 5.91 Å². The Hall–Kier alpha value is -1.97. The van der Waals surface area contributed by atoms with E-state index in [2.05, 4.69) is 4.99 Å². The number of thiazole rings is 1. The fourth-order valence-electron chi connectivity index (χ4n) is 2.51. The first kappa shape index (κ1) is 19.8. The minimum absolute atomic E-state index is 0.227. The van der Waals surface area contributed by atoms with Crippen molar-refractivity contribution in [1.29, 1.82) is 0 Å². The number of rotatable bonds is 5. The largest absolute Gasteiger partial charge is 0.316 e. The molecule has 0 aliphatic carbocycles. The van der Waals surface area contributed by atoms with Crippen molar-refractivity contribution in [2.45, 2.75) is 11.4 Å². The maximum Gasteiger partial charge on any atom is 0.279 e. The molecule has 0 atom stereocenters. The normalized spacial score (nSPS) is 12.6. The van der Waals surface area contributed by atoms with E-state index in [-0.39, 0.29) is 4.90 Å². The molecule has 1 heterocycles. The number of benzene rings is 2. The molecule has 1 aromatic heterocycles. The number of fused-ring (bicyclic) bond motifs is 1. The van der Waals surface area contributed by atoms with Crippen LogP contribution in [-0.4, -0.2) is 37.2 Å². The van der Waals surface area contributed by atoms with Crippen molar-refractivity contribution in [3.8, 4) is 0 Å². The SMILES string of the molecule is CSCCn1c(=NC(=O)c2ccc(F)cc2)sc2cc(S(C)(=O)=O)ccc21. The first-order chi connectivity index (χ1) is 12.8. The van der Waals surface area contributed by atoms with E-state index in [0.29, 0.717) is 16.9 Å². The summed E-state index contributed by atoms with van der Waals surface area (Å²) in [6, 6.07) is 10.1. The van der Waals surface area contributed by atoms with Gasteiger partial charge in [0.15, 0.2) is 14.6 Å². The van der Waals surface area contributed by atoms with E-state index >= 15 is 0 Å². The summed E-state index contributed by atoms with van der Waals surface area (Å²) in [5.41, 5.74) is 1.12. The van der Waals surface area contributed by atoms with Gasteiger partial charge in [-0.3, -0.25) is 4.79 Å². The van der Waals surface area contributed by atoms with Crippen LogP contribution in [-0.2, 0) is 16.4 Å². The highest BCUT2D eigenvalue weighted by molar-refractivity contribution is 7.98. The molecule has 9 heteroatoms. The molecule has 0 bridgehead atoms. The zero-order chi connectivity index (χ0) is 19.6. The third-order valence-corrected chi connectivity index (χ3v) is 6.63. The number of halogens is 1. The standard InChI is InChI=1S/C18H17FN2O3S3/c1-25-10-9-21-15-8-7-14(27(2,23)24)11-16(15)26-18(21)20-17(22)12-3-5-13(19)6-4-12/h3-8,11H,9-10H2,1-2H3. The predicted octanol–water partition coefficient (Wildman–Crippen LogP) is 3.35. The first-order valence-electron chi connectivity index (χ1n) is 7.96. The molecule has 0 unspecified atom stereocenters. The van der Waals surface area contributed by atoms with Gasteiger partial charge in [0, 0.05) is 24.1 Å². The highest BCUT2D eigenvalue weighted by atomic mass is 32.2. The van der Waals surface area contributed by atoms with Gasteiger partial charge >= 0.3 is 0 Å². The molecule has 142 valence electrons. The smallest absolute Gasteiger partial charge is 0.279 e. The van der Waals surface area contributed by atoms with Crippen LogP contribution in [0.1, 0.15) is 10.4 Å². The van der Waals surface area contributed by atoms with Gasteiger partial charge in [0.2, 0.25) is 0 Å². The van der Waals surface area contributed by atoms with E-state index in [1.54, 1.807) is 30.0 Å². The molecule has 0 radical (unpaired) electrons. The predicted molar refractivity (Wildman–Crippen MR) is 108 cm³/mol. The van der Waals surface area contributed by atoms with Gasteiger partial charge in [-0.05, 0) is 48.7 Å². The number of nitrogens with zero attached hydrogens (tertiary/aromatic N) is 2. The molecule has 0 spiro atoms. The summed E-state index contributed by atoms with van der Waals surface area (Å²) in [7, 11) is -3.32. The van der Waals surface area contributed by atoms with Gasteiger partial charge < -0.3 is 4.57 Å². The van der Waals surface area contributed by atoms with Gasteiger partial charge in [0.05, 0.1) is 15.1 Å². The van der Waals surface area contributed by atoms with Crippen LogP contribution in [0.4, 0.5) is 4.39 Å². The Labute approximate surface area is 164 Å². The maximum absolute atomic E-state index is 13.1. The molecule has 3 rings (SSSR count). The zero-order valence-corrected chi connectivity index (χ0v) is 17.1. The molecule has 2 aromatic carbocycles. The van der Waals surface area contributed by atoms with Crippen LogP contribution in [0.15, 0.2) is 52.4 Å². The lowest BCUT2D eigenvalue weighted by Crippen LogP contribution is -2.18. The minimum Gasteiger partial charge on any atom is -0.316 e. The van der Waals surface area contributed by atoms with Crippen molar-refractivity contribution in [2.24, 2.45) is 4.99 Å². The van der Waals surface area contributed by atoms with E-state index in [4.69, 9.17) is 0 Å². The number of carbonyl (C=O) groups excluding carboxylic acids is 1. The molecule has 0 aliphatic rings. The summed E-state index contributed by atoms with van der Waals surface area (Å²) in [4.78, 5) is 17.4. The molecule has 0 fully saturated rings. The number of aryl methyl sites for hydroxylation is 1. The summed E-state index contributed by atoms with van der Waals surface area (Å²) in [6.45, 7) is 0.634. The quantitative estimate of drug-likeness (QED) is 0.630. The monoisotopic (exact) mass is 424 g/mol. The van der Waals surface area contributed by atoms with E-state index in [9.17, 15) is 17.6 Å². The van der Waals surface area contributed by atoms with E-state index in [0.717, 1.165) is 22.2 Å². The number of hydrogen-bond donors (Lipinski definition) is 0. The Morgan fingerprint density at radius 3 is 2.56 bits per heavy atom. The summed E-state index contributed by atoms with van der Waals surface area (Å²) >= 11 is 2.92. The third kappa shape index (κ3) is 4.48. The molecule has 27 heavy (non-hydrogen) atoms. The molecule has 0 N–H and O–H groups in total. The Kier molecular flexibility index (Phi) is 5.83. The summed E-state index contributed by atoms with van der Waals surface area (Å²) < 4.78 is 39.3. The van der Waals surface area contributed by atoms with Gasteiger partial charge in [-0.1, -0.05) is 11.3 Å². The molecule has 0 aliphatic heterocycles. The molecule has 1 amide bonds. The fraction of sp³-hybridized carbons (Fsp3) is 0.222. The van der Waals surface area contributed by atoms with Gasteiger partial charge in [-0.2, -0.15) is 16.8 Å². The molecule has 3 aromatic rings. The van der Waals surface area contributed by atoms with Crippen LogP contribution in [0, 0.1) is 5.82 Å². The second-order valence-corrected chi connectivity index (χ2v) is 9.87. The van der Waals surface area contributed by atoms with Crippen LogP contribution < -0.4 is 4.80 Å². The highest BCUT2D eigenvalue weighted by Gasteiger charge is 2.13. The number of thioether (sulfide) groups is 1. The lowest BCUT2D eigenvalue weighted by atomic mass is 10.2. The number of carbonyl (C=O) groups is 1. The summed E-state index contributed by atoms with van der Waals surface area (Å²) in [6.07, 6.45) is 3.14. The molecular weight excluding hydrogens is 407 g/mol. The van der Waals surface area contributed by atoms with Crippen LogP contribution in [0.5, 0.6) is 0 Å². The fourth-order valence-corrected chi connectivity index (χ4v) is 4.69. The molecule has 5 nitrogen and oxygen atoms in total. The van der Waals surface area contributed by atoms with Crippen molar-refractivity contribution >= 4 is 49.1 Å². The zero-order valence-electron chi connectivity index (χ0n) is 14.7. The van der Waals surface area contributed by atoms with Crippen molar-refractivity contribution in [2.75, 3.05) is 18.3 Å². The Morgan fingerprint density at radius 1 is 1.22 bits per heavy atom. The Bertz CT molecular complexity index is 1160. The van der Waals surface area contributed by atoms with Crippen LogP contribution in [0.25, 0.3) is 10.2 Å². The van der Waals surface area contributed by atoms with Crippen molar-refractivity contribution < 1.29 is 17.6 Å². The second-order valence-electron chi connectivity index (χ2n) is 5.85. The lowest BCUT2D eigenvalue weighted by Gasteiger charge is -2.04. The van der Waals surface area contributed by atoms with Crippen LogP contribution in [0.3, 0.4) is 0 Å². The van der Waals surface area contributed by atoms with E-state index in [1.165, 1.54) is 35.6 Å². The lowest BCUT2D eigenvalue weighted by molar-refractivity contribution is 0.0998. The third-order valence-electron chi connectivity index (χ3n) is 3.89. The number of amides is 1. The van der Waals surface area contributed by atoms with E-state index < -0.39 is 21.6 Å². The molecular formula is C18H17FN2O3S3. The Morgan fingerprint density at radius 2 is 1.93 bits per heavy atom. The number of aromatic nitrogens is 1. The average molecular weight is 425 g/mol. The average Bonchev–Trinajstić information content (AvgIpc) is 2.96. The van der Waals surface area contributed by atoms with Crippen LogP contribution in [0.2, 0.25) is 0 Å².